The predicted molar refractivity (Wildman–Crippen MR) is 92.5 cm³/mol. The fraction of sp³-hybridized carbons (Fsp3) is 0.529. The van der Waals surface area contributed by atoms with Gasteiger partial charge in [-0.1, -0.05) is 0 Å². The highest BCUT2D eigenvalue weighted by Gasteiger charge is 2.30. The highest BCUT2D eigenvalue weighted by atomic mass is 19.4. The normalized spacial score (nSPS) is 16.8. The maximum atomic E-state index is 12.6. The van der Waals surface area contributed by atoms with Crippen LogP contribution in [0.2, 0.25) is 0 Å². The molecule has 0 saturated carbocycles. The summed E-state index contributed by atoms with van der Waals surface area (Å²) in [5.74, 6) is -0.833. The zero-order valence-corrected chi connectivity index (χ0v) is 15.2. The molecule has 0 radical (unpaired) electrons. The van der Waals surface area contributed by atoms with Crippen LogP contribution in [0.5, 0.6) is 0 Å². The lowest BCUT2D eigenvalue weighted by Crippen LogP contribution is -2.41. The Morgan fingerprint density at radius 1 is 1.36 bits per heavy atom. The lowest BCUT2D eigenvalue weighted by atomic mass is 9.93. The number of halogens is 3. The molecule has 152 valence electrons. The van der Waals surface area contributed by atoms with E-state index in [1.807, 2.05) is 0 Å². The summed E-state index contributed by atoms with van der Waals surface area (Å²) in [6.45, 7) is 1.48. The summed E-state index contributed by atoms with van der Waals surface area (Å²) < 4.78 is 38.2. The highest BCUT2D eigenvalue weighted by Crippen LogP contribution is 2.28. The Kier molecular flexibility index (Phi) is 5.71. The van der Waals surface area contributed by atoms with Gasteiger partial charge >= 0.3 is 6.18 Å². The van der Waals surface area contributed by atoms with E-state index in [1.165, 1.54) is 6.07 Å². The second kappa shape index (κ2) is 8.03. The van der Waals surface area contributed by atoms with E-state index in [1.54, 1.807) is 40.3 Å². The van der Waals surface area contributed by atoms with Crippen molar-refractivity contribution in [2.75, 3.05) is 19.6 Å². The van der Waals surface area contributed by atoms with Crippen molar-refractivity contribution in [2.45, 2.75) is 37.9 Å². The van der Waals surface area contributed by atoms with E-state index in [2.05, 4.69) is 15.3 Å². The van der Waals surface area contributed by atoms with Crippen LogP contribution in [-0.4, -0.2) is 62.5 Å². The minimum atomic E-state index is -4.47. The average Bonchev–Trinajstić information content (AvgIpc) is 3.36. The van der Waals surface area contributed by atoms with Gasteiger partial charge in [0.1, 0.15) is 18.3 Å². The number of amides is 2. The number of aromatic nitrogens is 4. The van der Waals surface area contributed by atoms with Crippen LogP contribution >= 0.6 is 0 Å². The Balaban J connectivity index is 1.53. The zero-order chi connectivity index (χ0) is 20.3. The van der Waals surface area contributed by atoms with Crippen molar-refractivity contribution < 1.29 is 22.8 Å². The second-order valence-corrected chi connectivity index (χ2v) is 6.77. The van der Waals surface area contributed by atoms with Gasteiger partial charge in [0.15, 0.2) is 0 Å². The molecule has 0 bridgehead atoms. The number of H-pyrrole nitrogens is 1. The highest BCUT2D eigenvalue weighted by molar-refractivity contribution is 5.92. The van der Waals surface area contributed by atoms with Crippen molar-refractivity contribution in [3.8, 4) is 0 Å². The van der Waals surface area contributed by atoms with Gasteiger partial charge in [-0.2, -0.15) is 23.4 Å². The summed E-state index contributed by atoms with van der Waals surface area (Å²) >= 11 is 0. The summed E-state index contributed by atoms with van der Waals surface area (Å²) in [4.78, 5) is 26.1. The van der Waals surface area contributed by atoms with E-state index in [0.717, 1.165) is 0 Å². The van der Waals surface area contributed by atoms with Crippen molar-refractivity contribution in [3.63, 3.8) is 0 Å². The number of carbonyl (C=O) groups is 2. The van der Waals surface area contributed by atoms with Crippen LogP contribution in [0.15, 0.2) is 24.5 Å². The van der Waals surface area contributed by atoms with Gasteiger partial charge in [0, 0.05) is 37.1 Å². The van der Waals surface area contributed by atoms with Gasteiger partial charge < -0.3 is 10.2 Å². The lowest BCUT2D eigenvalue weighted by Gasteiger charge is -2.33. The summed E-state index contributed by atoms with van der Waals surface area (Å²) in [7, 11) is 0. The summed E-state index contributed by atoms with van der Waals surface area (Å²) in [5.41, 5.74) is 0.606. The van der Waals surface area contributed by atoms with Crippen LogP contribution in [0.4, 0.5) is 13.2 Å². The van der Waals surface area contributed by atoms with Crippen LogP contribution in [0.1, 0.15) is 47.9 Å². The first kappa shape index (κ1) is 19.9. The lowest BCUT2D eigenvalue weighted by molar-refractivity contribution is -0.135. The van der Waals surface area contributed by atoms with Crippen molar-refractivity contribution in [3.05, 3.63) is 35.9 Å². The summed E-state index contributed by atoms with van der Waals surface area (Å²) in [5, 5.41) is 12.4. The molecule has 1 unspecified atom stereocenters. The van der Waals surface area contributed by atoms with Gasteiger partial charge in [0.2, 0.25) is 5.91 Å². The van der Waals surface area contributed by atoms with E-state index in [-0.39, 0.29) is 23.6 Å². The van der Waals surface area contributed by atoms with Crippen LogP contribution in [0.3, 0.4) is 0 Å². The van der Waals surface area contributed by atoms with Gasteiger partial charge in [-0.15, -0.1) is 0 Å². The molecule has 28 heavy (non-hydrogen) atoms. The molecule has 3 rings (SSSR count). The van der Waals surface area contributed by atoms with Crippen LogP contribution < -0.4 is 5.32 Å². The predicted octanol–water partition coefficient (Wildman–Crippen LogP) is 1.87. The third-order valence-corrected chi connectivity index (χ3v) is 4.81. The monoisotopic (exact) mass is 398 g/mol. The molecular weight excluding hydrogens is 377 g/mol. The maximum absolute atomic E-state index is 12.6. The van der Waals surface area contributed by atoms with Gasteiger partial charge in [-0.05, 0) is 31.9 Å². The van der Waals surface area contributed by atoms with Gasteiger partial charge in [0.25, 0.3) is 5.91 Å². The van der Waals surface area contributed by atoms with Crippen LogP contribution in [0, 0.1) is 0 Å². The zero-order valence-electron chi connectivity index (χ0n) is 15.2. The third kappa shape index (κ3) is 4.70. The molecule has 1 saturated heterocycles. The van der Waals surface area contributed by atoms with Crippen molar-refractivity contribution in [1.29, 1.82) is 0 Å². The first-order chi connectivity index (χ1) is 13.2. The quantitative estimate of drug-likeness (QED) is 0.804. The number of piperidine rings is 1. The molecule has 2 aromatic heterocycles. The fourth-order valence-corrected chi connectivity index (χ4v) is 3.23. The largest absolute Gasteiger partial charge is 0.405 e. The fourth-order valence-electron chi connectivity index (χ4n) is 3.23. The Labute approximate surface area is 159 Å². The first-order valence-electron chi connectivity index (χ1n) is 8.93. The number of aromatic amines is 1. The molecule has 8 nitrogen and oxygen atoms in total. The third-order valence-electron chi connectivity index (χ3n) is 4.81. The number of likely N-dealkylation sites (tertiary alicyclic amines) is 1. The number of hydrogen-bond acceptors (Lipinski definition) is 4. The molecule has 0 spiro atoms. The molecule has 3 heterocycles. The number of hydrogen-bond donors (Lipinski definition) is 2. The number of nitrogens with one attached hydrogen (secondary N) is 2. The van der Waals surface area contributed by atoms with Crippen LogP contribution in [-0.2, 0) is 4.79 Å². The molecule has 11 heteroatoms. The van der Waals surface area contributed by atoms with E-state index in [0.29, 0.717) is 31.6 Å². The molecule has 2 N–H and O–H groups in total. The van der Waals surface area contributed by atoms with Crippen molar-refractivity contribution in [2.24, 2.45) is 0 Å². The molecule has 2 aromatic rings. The molecule has 1 aliphatic heterocycles. The summed E-state index contributed by atoms with van der Waals surface area (Å²) in [6.07, 6.45) is 0.232. The van der Waals surface area contributed by atoms with E-state index >= 15 is 0 Å². The first-order valence-corrected chi connectivity index (χ1v) is 8.93. The van der Waals surface area contributed by atoms with Gasteiger partial charge in [-0.3, -0.25) is 19.4 Å². The standard InChI is InChI=1S/C17H21F3N6O2/c1-11(26-6-2-5-22-26)16(28)25-7-3-12(4-8-25)13-9-14(24-23-13)15(27)21-10-17(18,19)20/h2,5-6,9,11-12H,3-4,7-8,10H2,1H3,(H,21,27)(H,23,24). The summed E-state index contributed by atoms with van der Waals surface area (Å²) in [6, 6.07) is 2.85. The Hall–Kier alpha value is -2.85. The molecule has 1 fully saturated rings. The molecule has 1 atom stereocenters. The molecule has 2 amide bonds. The maximum Gasteiger partial charge on any atom is 0.405 e. The van der Waals surface area contributed by atoms with E-state index < -0.39 is 18.6 Å². The van der Waals surface area contributed by atoms with Crippen molar-refractivity contribution >= 4 is 11.8 Å². The Morgan fingerprint density at radius 3 is 2.68 bits per heavy atom. The van der Waals surface area contributed by atoms with Gasteiger partial charge in [0.05, 0.1) is 0 Å². The average molecular weight is 398 g/mol. The topological polar surface area (TPSA) is 95.9 Å². The Bertz CT molecular complexity index is 809. The van der Waals surface area contributed by atoms with E-state index in [4.69, 9.17) is 0 Å². The van der Waals surface area contributed by atoms with Crippen molar-refractivity contribution in [1.82, 2.24) is 30.2 Å². The molecule has 0 aromatic carbocycles. The van der Waals surface area contributed by atoms with Crippen LogP contribution in [0.25, 0.3) is 0 Å². The molecular formula is C17H21F3N6O2. The number of alkyl halides is 3. The Morgan fingerprint density at radius 2 is 2.07 bits per heavy atom. The SMILES string of the molecule is CC(C(=O)N1CCC(c2cc(C(=O)NCC(F)(F)F)n[nH]2)CC1)n1cccn1. The minimum absolute atomic E-state index is 0.0148. The number of nitrogens with zero attached hydrogens (tertiary/aromatic N) is 4. The number of rotatable bonds is 5. The number of carbonyl (C=O) groups excluding carboxylic acids is 2. The smallest absolute Gasteiger partial charge is 0.342 e. The molecule has 0 aliphatic carbocycles. The van der Waals surface area contributed by atoms with Gasteiger partial charge in [-0.25, -0.2) is 0 Å². The minimum Gasteiger partial charge on any atom is -0.342 e. The molecule has 1 aliphatic rings. The van der Waals surface area contributed by atoms with E-state index in [9.17, 15) is 22.8 Å². The second-order valence-electron chi connectivity index (χ2n) is 6.77.